The van der Waals surface area contributed by atoms with Crippen LogP contribution in [0.4, 0.5) is 11.4 Å². The second-order valence-corrected chi connectivity index (χ2v) is 25.9. The molecule has 0 bridgehead atoms. The highest BCUT2D eigenvalue weighted by molar-refractivity contribution is 6.03. The van der Waals surface area contributed by atoms with Crippen molar-refractivity contribution < 1.29 is 88.0 Å². The number of phenols is 2. The summed E-state index contributed by atoms with van der Waals surface area (Å²) < 4.78 is 0. The summed E-state index contributed by atoms with van der Waals surface area (Å²) in [5, 5.41) is 87.2. The molecule has 10 atom stereocenters. The predicted molar refractivity (Wildman–Crippen MR) is 369 cm³/mol. The van der Waals surface area contributed by atoms with E-state index in [1.54, 1.807) is 46.8 Å². The van der Waals surface area contributed by atoms with Crippen LogP contribution in [0.1, 0.15) is 109 Å². The van der Waals surface area contributed by atoms with E-state index in [1.165, 1.54) is 56.3 Å². The molecule has 102 heavy (non-hydrogen) atoms. The van der Waals surface area contributed by atoms with Crippen LogP contribution in [0, 0.1) is 26.9 Å². The number of nitro groups is 1. The molecule has 0 aliphatic rings. The molecule has 0 fully saturated rings. The Morgan fingerprint density at radius 3 is 1.43 bits per heavy atom. The van der Waals surface area contributed by atoms with Gasteiger partial charge in [0.2, 0.25) is 59.1 Å². The van der Waals surface area contributed by atoms with Crippen LogP contribution in [0.5, 0.6) is 11.5 Å². The number of hydrogen-bond acceptors (Lipinski definition) is 21. The molecule has 11 amide bonds. The van der Waals surface area contributed by atoms with Crippen molar-refractivity contribution in [2.24, 2.45) is 55.4 Å². The number of nitrogens with one attached hydrogen (secondary N) is 10. The number of phenolic OH excluding ortho intramolecular Hbond substituents is 2. The van der Waals surface area contributed by atoms with Gasteiger partial charge in [0.1, 0.15) is 66.2 Å². The molecule has 0 saturated carbocycles. The average molecular weight is 1430 g/mol. The number of hydrogen-bond donors (Lipinski definition) is 21. The van der Waals surface area contributed by atoms with Gasteiger partial charge in [0.25, 0.3) is 5.91 Å². The molecule has 0 saturated heterocycles. The standard InChI is InChI=1S/C64H95N19O19/c1-31(2)25-40(52(91)78-42(27-34-19-22-46(87)45(28-34)83(101)102)54(93)77-41(26-33-17-20-35(86)21-18-33)53(92)75-39(59(98)99)16-12-24-72-62(69)70)76-51(90)38(15-11-23-71-61(67)68)74-55(94)44(30-85)80-56(95)43(29-84)79-49(88)32(3)73-58(97)48(64(7,8)60(66)100)82-57(96)47(63(4,5)6)81-50(89)36-13-9-10-14-37(36)65/h9-10,13-14,17-22,28,31-32,38-44,47-48,84-87H,11-12,15-16,23-27,29-30,65H2,1-8H3,(H2,66,100)(H,73,97)(H,74,94)(H,75,92)(H,76,90)(H,77,93)(H,78,91)(H,79,88)(H,80,95)(H,81,89)(H,82,96)(H,98,99)(H4,67,68,71)(H4,69,70,72)/t32-,38-,39?,40-,41-,42-,43-,44-,47+,48+/m0/s1. The number of amides is 11. The number of carbonyl (C=O) groups excluding carboxylic acids is 11. The fourth-order valence-corrected chi connectivity index (χ4v) is 9.81. The number of nitrogen functional groups attached to an aromatic ring is 1. The van der Waals surface area contributed by atoms with Gasteiger partial charge in [-0.1, -0.05) is 65.0 Å². The molecule has 3 aromatic rings. The maximum atomic E-state index is 14.7. The number of para-hydroxylation sites is 1. The second kappa shape index (κ2) is 39.4. The summed E-state index contributed by atoms with van der Waals surface area (Å²) in [4.78, 5) is 185. The van der Waals surface area contributed by atoms with Crippen LogP contribution in [-0.4, -0.2) is 200 Å². The Morgan fingerprint density at radius 2 is 0.951 bits per heavy atom. The van der Waals surface area contributed by atoms with Crippen LogP contribution in [-0.2, 0) is 65.6 Å². The normalized spacial score (nSPS) is 14.2. The number of rotatable bonds is 40. The summed E-state index contributed by atoms with van der Waals surface area (Å²) in [5.41, 5.74) is 30.2. The number of nitrogens with two attached hydrogens (primary N) is 6. The van der Waals surface area contributed by atoms with Gasteiger partial charge in [-0.05, 0) is 106 Å². The van der Waals surface area contributed by atoms with Crippen molar-refractivity contribution in [2.75, 3.05) is 32.0 Å². The largest absolute Gasteiger partial charge is 0.508 e. The fraction of sp³-hybridized carbons (Fsp3) is 0.500. The van der Waals surface area contributed by atoms with Crippen molar-refractivity contribution in [1.29, 1.82) is 0 Å². The highest BCUT2D eigenvalue weighted by Gasteiger charge is 2.45. The second-order valence-electron chi connectivity index (χ2n) is 25.9. The number of carboxylic acid groups (broad SMARTS) is 1. The summed E-state index contributed by atoms with van der Waals surface area (Å²) >= 11 is 0. The molecule has 0 radical (unpaired) electrons. The lowest BCUT2D eigenvalue weighted by Gasteiger charge is -2.36. The third-order valence-electron chi connectivity index (χ3n) is 15.7. The monoisotopic (exact) mass is 1430 g/mol. The number of carboxylic acids is 1. The SMILES string of the molecule is CC(C)C[C@H](NC(=O)[C@H](CCCN=C(N)N)NC(=O)[C@H](CO)NC(=O)[C@H](CO)NC(=O)[C@H](C)NC(=O)[C@@H](NC(=O)[C@@H](NC(=O)c1ccccc1N)C(C)(C)C)C(C)(C)C(N)=O)C(=O)N[C@@H](Cc1ccc(O)c([N+](=O)[O-])c1)C(=O)N[C@@H](Cc1ccc(O)cc1)C(=O)NC(CCCN=C(N)N)C(=O)O. The zero-order valence-corrected chi connectivity index (χ0v) is 57.7. The summed E-state index contributed by atoms with van der Waals surface area (Å²) in [7, 11) is 0. The fourth-order valence-electron chi connectivity index (χ4n) is 9.81. The number of nitrogens with zero attached hydrogens (tertiary/aromatic N) is 3. The van der Waals surface area contributed by atoms with E-state index in [0.717, 1.165) is 19.1 Å². The van der Waals surface area contributed by atoms with Crippen molar-refractivity contribution in [3.8, 4) is 11.5 Å². The number of anilines is 1. The number of aliphatic carboxylic acids is 1. The first-order chi connectivity index (χ1) is 47.6. The minimum atomic E-state index is -1.96. The van der Waals surface area contributed by atoms with E-state index >= 15 is 0 Å². The van der Waals surface area contributed by atoms with E-state index in [0.29, 0.717) is 5.56 Å². The van der Waals surface area contributed by atoms with E-state index in [4.69, 9.17) is 34.4 Å². The zero-order chi connectivity index (χ0) is 77.1. The molecule has 3 aromatic carbocycles. The van der Waals surface area contributed by atoms with Gasteiger partial charge in [-0.15, -0.1) is 0 Å². The molecule has 0 aliphatic heterocycles. The Labute approximate surface area is 586 Å². The molecule has 27 N–H and O–H groups in total. The van der Waals surface area contributed by atoms with Gasteiger partial charge in [-0.25, -0.2) is 4.79 Å². The Bertz CT molecular complexity index is 3560. The Morgan fingerprint density at radius 1 is 0.520 bits per heavy atom. The lowest BCUT2D eigenvalue weighted by molar-refractivity contribution is -0.385. The van der Waals surface area contributed by atoms with E-state index < -0.39 is 184 Å². The Balaban J connectivity index is 1.95. The predicted octanol–water partition coefficient (Wildman–Crippen LogP) is -4.66. The number of guanidine groups is 2. The molecule has 38 heteroatoms. The van der Waals surface area contributed by atoms with Crippen molar-refractivity contribution in [3.05, 3.63) is 93.5 Å². The van der Waals surface area contributed by atoms with Gasteiger partial charge >= 0.3 is 11.7 Å². The van der Waals surface area contributed by atoms with Gasteiger partial charge < -0.3 is 113 Å². The van der Waals surface area contributed by atoms with Crippen molar-refractivity contribution >= 4 is 94.2 Å². The molecule has 0 aromatic heterocycles. The third kappa shape index (κ3) is 27.0. The molecule has 0 aliphatic carbocycles. The lowest BCUT2D eigenvalue weighted by atomic mass is 9.81. The molecule has 0 heterocycles. The number of benzene rings is 3. The van der Waals surface area contributed by atoms with E-state index in [-0.39, 0.29) is 86.1 Å². The van der Waals surface area contributed by atoms with Gasteiger partial charge in [-0.2, -0.15) is 0 Å². The number of aliphatic hydroxyl groups excluding tert-OH is 2. The zero-order valence-electron chi connectivity index (χ0n) is 57.7. The van der Waals surface area contributed by atoms with Crippen molar-refractivity contribution in [2.45, 2.75) is 161 Å². The van der Waals surface area contributed by atoms with Crippen molar-refractivity contribution in [1.82, 2.24) is 53.2 Å². The first-order valence-corrected chi connectivity index (χ1v) is 32.1. The van der Waals surface area contributed by atoms with Crippen LogP contribution >= 0.6 is 0 Å². The number of aromatic hydroxyl groups is 2. The van der Waals surface area contributed by atoms with Gasteiger partial charge in [0.05, 0.1) is 29.1 Å². The number of primary amides is 1. The highest BCUT2D eigenvalue weighted by atomic mass is 16.6. The maximum Gasteiger partial charge on any atom is 0.326 e. The topological polar surface area (TPSA) is 650 Å². The van der Waals surface area contributed by atoms with E-state index in [1.807, 2.05) is 0 Å². The number of aliphatic imine (C=N–C) groups is 2. The van der Waals surface area contributed by atoms with Crippen LogP contribution < -0.4 is 87.6 Å². The minimum absolute atomic E-state index is 0.00956. The quantitative estimate of drug-likeness (QED) is 0.00636. The summed E-state index contributed by atoms with van der Waals surface area (Å²) in [6, 6.07) is -2.55. The summed E-state index contributed by atoms with van der Waals surface area (Å²) in [5.74, 6) is -15.4. The van der Waals surface area contributed by atoms with Crippen LogP contribution in [0.15, 0.2) is 76.7 Å². The van der Waals surface area contributed by atoms with Gasteiger partial charge in [0, 0.05) is 37.7 Å². The molecule has 3 rings (SSSR count). The summed E-state index contributed by atoms with van der Waals surface area (Å²) in [6.07, 6.45) is -1.63. The molecule has 38 nitrogen and oxygen atoms in total. The molecular formula is C64H95N19O19. The smallest absolute Gasteiger partial charge is 0.326 e. The van der Waals surface area contributed by atoms with Crippen LogP contribution in [0.2, 0.25) is 0 Å². The first kappa shape index (κ1) is 84.8. The molecule has 1 unspecified atom stereocenters. The minimum Gasteiger partial charge on any atom is -0.508 e. The van der Waals surface area contributed by atoms with E-state index in [2.05, 4.69) is 63.2 Å². The van der Waals surface area contributed by atoms with Crippen molar-refractivity contribution in [3.63, 3.8) is 0 Å². The van der Waals surface area contributed by atoms with Gasteiger partial charge in [-0.3, -0.25) is 72.8 Å². The number of carbonyl (C=O) groups is 12. The highest BCUT2D eigenvalue weighted by Crippen LogP contribution is 2.28. The number of nitro benzene ring substituents is 1. The number of aliphatic hydroxyl groups is 2. The lowest BCUT2D eigenvalue weighted by Crippen LogP contribution is -2.64. The molecule has 0 spiro atoms. The van der Waals surface area contributed by atoms with Crippen LogP contribution in [0.25, 0.3) is 0 Å². The average Bonchev–Trinajstić information content (AvgIpc) is 0.804. The maximum absolute atomic E-state index is 14.7. The summed E-state index contributed by atoms with van der Waals surface area (Å²) in [6.45, 7) is 9.20. The molecular weight excluding hydrogens is 1340 g/mol. The molecule has 560 valence electrons. The Hall–Kier alpha value is -11.4. The van der Waals surface area contributed by atoms with Gasteiger partial charge in [0.15, 0.2) is 17.7 Å². The third-order valence-corrected chi connectivity index (χ3v) is 15.7. The first-order valence-electron chi connectivity index (χ1n) is 32.1. The van der Waals surface area contributed by atoms with Crippen LogP contribution in [0.3, 0.4) is 0 Å². The van der Waals surface area contributed by atoms with E-state index in [9.17, 15) is 93.2 Å². The Kier molecular flexibility index (Phi) is 32.7.